The fourth-order valence-corrected chi connectivity index (χ4v) is 2.24. The van der Waals surface area contributed by atoms with E-state index in [4.69, 9.17) is 4.42 Å². The molecule has 0 saturated heterocycles. The van der Waals surface area contributed by atoms with Gasteiger partial charge in [-0.1, -0.05) is 34.9 Å². The summed E-state index contributed by atoms with van der Waals surface area (Å²) in [5.74, 6) is 0.115. The Labute approximate surface area is 133 Å². The first kappa shape index (κ1) is 15.0. The molecule has 3 aromatic rings. The summed E-state index contributed by atoms with van der Waals surface area (Å²) in [5.41, 5.74) is 3.64. The van der Waals surface area contributed by atoms with E-state index in [9.17, 15) is 4.79 Å². The second-order valence-electron chi connectivity index (χ2n) is 5.42. The van der Waals surface area contributed by atoms with Gasteiger partial charge in [0.1, 0.15) is 5.69 Å². The van der Waals surface area contributed by atoms with Crippen molar-refractivity contribution in [1.82, 2.24) is 20.0 Å². The van der Waals surface area contributed by atoms with Gasteiger partial charge >= 0.3 is 6.01 Å². The summed E-state index contributed by atoms with van der Waals surface area (Å²) in [6.45, 7) is 3.88. The molecule has 0 unspecified atom stereocenters. The summed E-state index contributed by atoms with van der Waals surface area (Å²) in [6, 6.07) is 9.71. The van der Waals surface area contributed by atoms with E-state index in [0.717, 1.165) is 16.8 Å². The molecule has 2 aromatic heterocycles. The molecule has 0 atom stereocenters. The predicted molar refractivity (Wildman–Crippen MR) is 84.7 cm³/mol. The van der Waals surface area contributed by atoms with E-state index in [-0.39, 0.29) is 18.3 Å². The van der Waals surface area contributed by atoms with Crippen molar-refractivity contribution in [3.63, 3.8) is 0 Å². The van der Waals surface area contributed by atoms with Crippen molar-refractivity contribution in [1.29, 1.82) is 0 Å². The Hall–Kier alpha value is -2.96. The Balaban J connectivity index is 1.68. The van der Waals surface area contributed by atoms with E-state index in [0.29, 0.717) is 11.6 Å². The Morgan fingerprint density at radius 1 is 1.22 bits per heavy atom. The summed E-state index contributed by atoms with van der Waals surface area (Å²) in [7, 11) is 1.79. The van der Waals surface area contributed by atoms with Gasteiger partial charge in [-0.25, -0.2) is 0 Å². The topological polar surface area (TPSA) is 85.8 Å². The van der Waals surface area contributed by atoms with Crippen molar-refractivity contribution in [2.24, 2.45) is 7.05 Å². The first-order valence-electron chi connectivity index (χ1n) is 7.21. The van der Waals surface area contributed by atoms with Crippen LogP contribution in [0.1, 0.15) is 16.8 Å². The molecule has 3 rings (SSSR count). The Morgan fingerprint density at radius 3 is 2.61 bits per heavy atom. The van der Waals surface area contributed by atoms with Gasteiger partial charge in [0.15, 0.2) is 0 Å². The zero-order chi connectivity index (χ0) is 16.4. The number of rotatable bonds is 4. The molecule has 0 saturated carbocycles. The van der Waals surface area contributed by atoms with Crippen LogP contribution in [0.15, 0.2) is 34.7 Å². The van der Waals surface area contributed by atoms with Crippen LogP contribution in [0.2, 0.25) is 0 Å². The fraction of sp³-hybridized carbons (Fsp3) is 0.250. The number of carbonyl (C=O) groups is 1. The van der Waals surface area contributed by atoms with Crippen LogP contribution < -0.4 is 5.32 Å². The molecule has 0 bridgehead atoms. The Morgan fingerprint density at radius 2 is 1.96 bits per heavy atom. The number of hydrogen-bond donors (Lipinski definition) is 1. The second kappa shape index (κ2) is 6.04. The van der Waals surface area contributed by atoms with Crippen molar-refractivity contribution < 1.29 is 9.21 Å². The van der Waals surface area contributed by atoms with Crippen LogP contribution in [0.25, 0.3) is 11.6 Å². The number of aryl methyl sites for hydroxylation is 3. The Bertz CT molecular complexity index is 833. The van der Waals surface area contributed by atoms with Crippen molar-refractivity contribution in [2.45, 2.75) is 20.3 Å². The van der Waals surface area contributed by atoms with Gasteiger partial charge in [0.05, 0.1) is 12.1 Å². The van der Waals surface area contributed by atoms with E-state index in [1.807, 2.05) is 44.2 Å². The largest absolute Gasteiger partial charge is 0.401 e. The van der Waals surface area contributed by atoms with Gasteiger partial charge in [-0.3, -0.25) is 14.8 Å². The molecule has 0 aliphatic rings. The maximum absolute atomic E-state index is 12.0. The zero-order valence-electron chi connectivity index (χ0n) is 13.2. The highest BCUT2D eigenvalue weighted by Crippen LogP contribution is 2.20. The minimum Gasteiger partial charge on any atom is -0.401 e. The smallest absolute Gasteiger partial charge is 0.322 e. The molecule has 23 heavy (non-hydrogen) atoms. The summed E-state index contributed by atoms with van der Waals surface area (Å²) < 4.78 is 7.13. The summed E-state index contributed by atoms with van der Waals surface area (Å²) in [5, 5.41) is 14.6. The van der Waals surface area contributed by atoms with Crippen LogP contribution in [-0.2, 0) is 18.3 Å². The molecule has 2 heterocycles. The molecule has 0 fully saturated rings. The number of amides is 1. The van der Waals surface area contributed by atoms with Gasteiger partial charge < -0.3 is 4.42 Å². The normalized spacial score (nSPS) is 10.7. The lowest BCUT2D eigenvalue weighted by Gasteiger charge is -2.01. The standard InChI is InChI=1S/C16H17N5O2/c1-10-4-6-12(7-5-10)9-14(22)17-16-19-18-15(23-16)13-8-11(2)20-21(13)3/h4-8H,9H2,1-3H3,(H,17,19,22). The van der Waals surface area contributed by atoms with Crippen LogP contribution in [0.5, 0.6) is 0 Å². The van der Waals surface area contributed by atoms with E-state index in [2.05, 4.69) is 20.6 Å². The number of nitrogens with zero attached hydrogens (tertiary/aromatic N) is 4. The third-order valence-electron chi connectivity index (χ3n) is 3.38. The van der Waals surface area contributed by atoms with Crippen LogP contribution in [0, 0.1) is 13.8 Å². The molecular weight excluding hydrogens is 294 g/mol. The number of aromatic nitrogens is 4. The van der Waals surface area contributed by atoms with E-state index < -0.39 is 0 Å². The van der Waals surface area contributed by atoms with Gasteiger partial charge in [-0.2, -0.15) is 5.10 Å². The van der Waals surface area contributed by atoms with Gasteiger partial charge in [-0.15, -0.1) is 5.10 Å². The average molecular weight is 311 g/mol. The maximum Gasteiger partial charge on any atom is 0.322 e. The van der Waals surface area contributed by atoms with Crippen molar-refractivity contribution in [3.05, 3.63) is 47.2 Å². The van der Waals surface area contributed by atoms with Crippen LogP contribution in [0.3, 0.4) is 0 Å². The van der Waals surface area contributed by atoms with Crippen LogP contribution in [0.4, 0.5) is 6.01 Å². The summed E-state index contributed by atoms with van der Waals surface area (Å²) in [6.07, 6.45) is 0.253. The van der Waals surface area contributed by atoms with Crippen molar-refractivity contribution in [3.8, 4) is 11.6 Å². The molecule has 1 N–H and O–H groups in total. The van der Waals surface area contributed by atoms with Crippen molar-refractivity contribution >= 4 is 11.9 Å². The van der Waals surface area contributed by atoms with E-state index in [1.165, 1.54) is 0 Å². The average Bonchev–Trinajstić information content (AvgIpc) is 3.07. The molecule has 7 nitrogen and oxygen atoms in total. The lowest BCUT2D eigenvalue weighted by molar-refractivity contribution is -0.115. The first-order chi connectivity index (χ1) is 11.0. The first-order valence-corrected chi connectivity index (χ1v) is 7.21. The predicted octanol–water partition coefficient (Wildman–Crippen LogP) is 2.27. The lowest BCUT2D eigenvalue weighted by atomic mass is 10.1. The molecule has 1 aromatic carbocycles. The highest BCUT2D eigenvalue weighted by molar-refractivity contribution is 5.90. The van der Waals surface area contributed by atoms with Gasteiger partial charge in [0.25, 0.3) is 5.89 Å². The van der Waals surface area contributed by atoms with Crippen LogP contribution >= 0.6 is 0 Å². The van der Waals surface area contributed by atoms with Gasteiger partial charge in [-0.05, 0) is 25.5 Å². The quantitative estimate of drug-likeness (QED) is 0.799. The molecule has 0 aliphatic heterocycles. The summed E-state index contributed by atoms with van der Waals surface area (Å²) in [4.78, 5) is 12.0. The van der Waals surface area contributed by atoms with Crippen molar-refractivity contribution in [2.75, 3.05) is 5.32 Å². The molecule has 118 valence electrons. The molecular formula is C16H17N5O2. The third-order valence-corrected chi connectivity index (χ3v) is 3.38. The van der Waals surface area contributed by atoms with E-state index >= 15 is 0 Å². The highest BCUT2D eigenvalue weighted by Gasteiger charge is 2.15. The lowest BCUT2D eigenvalue weighted by Crippen LogP contribution is -2.14. The monoisotopic (exact) mass is 311 g/mol. The number of hydrogen-bond acceptors (Lipinski definition) is 5. The fourth-order valence-electron chi connectivity index (χ4n) is 2.24. The Kier molecular flexibility index (Phi) is 3.92. The SMILES string of the molecule is Cc1ccc(CC(=O)Nc2nnc(-c3cc(C)nn3C)o2)cc1. The number of benzene rings is 1. The zero-order valence-corrected chi connectivity index (χ0v) is 13.2. The van der Waals surface area contributed by atoms with Gasteiger partial charge in [0.2, 0.25) is 5.91 Å². The minimum atomic E-state index is -0.203. The third kappa shape index (κ3) is 3.45. The molecule has 0 radical (unpaired) electrons. The molecule has 0 spiro atoms. The van der Waals surface area contributed by atoms with Gasteiger partial charge in [0, 0.05) is 7.05 Å². The summed E-state index contributed by atoms with van der Waals surface area (Å²) >= 11 is 0. The van der Waals surface area contributed by atoms with Crippen LogP contribution in [-0.4, -0.2) is 25.9 Å². The molecule has 7 heteroatoms. The second-order valence-corrected chi connectivity index (χ2v) is 5.42. The number of nitrogens with one attached hydrogen (secondary N) is 1. The number of anilines is 1. The maximum atomic E-state index is 12.0. The molecule has 0 aliphatic carbocycles. The number of carbonyl (C=O) groups excluding carboxylic acids is 1. The minimum absolute atomic E-state index is 0.0796. The van der Waals surface area contributed by atoms with E-state index in [1.54, 1.807) is 11.7 Å². The highest BCUT2D eigenvalue weighted by atomic mass is 16.4. The molecule has 1 amide bonds.